The van der Waals surface area contributed by atoms with Crippen molar-refractivity contribution in [1.82, 2.24) is 4.57 Å². The molecule has 0 aliphatic heterocycles. The Morgan fingerprint density at radius 2 is 1.77 bits per heavy atom. The summed E-state index contributed by atoms with van der Waals surface area (Å²) in [5.41, 5.74) is 7.66. The fourth-order valence-electron chi connectivity index (χ4n) is 3.79. The second kappa shape index (κ2) is 12.6. The summed E-state index contributed by atoms with van der Waals surface area (Å²) in [6, 6.07) is 12.9. The maximum atomic E-state index is 9.53. The number of allylic oxidation sites excluding steroid dienone is 6. The van der Waals surface area contributed by atoms with Crippen LogP contribution in [0.5, 0.6) is 0 Å². The van der Waals surface area contributed by atoms with Crippen LogP contribution in [0, 0.1) is 11.3 Å². The predicted molar refractivity (Wildman–Crippen MR) is 134 cm³/mol. The third kappa shape index (κ3) is 7.00. The van der Waals surface area contributed by atoms with Gasteiger partial charge in [-0.3, -0.25) is 0 Å². The average molecular weight is 413 g/mol. The highest BCUT2D eigenvalue weighted by molar-refractivity contribution is 5.64. The number of rotatable bonds is 12. The van der Waals surface area contributed by atoms with Gasteiger partial charge in [0.1, 0.15) is 6.07 Å². The highest BCUT2D eigenvalue weighted by Gasteiger charge is 2.12. The molecule has 2 aromatic rings. The molecule has 0 N–H and O–H groups in total. The molecule has 162 valence electrons. The van der Waals surface area contributed by atoms with Crippen molar-refractivity contribution < 1.29 is 0 Å². The Morgan fingerprint density at radius 1 is 1.03 bits per heavy atom. The molecule has 0 spiro atoms. The topological polar surface area (TPSA) is 28.7 Å². The van der Waals surface area contributed by atoms with Gasteiger partial charge in [-0.1, -0.05) is 76.3 Å². The van der Waals surface area contributed by atoms with E-state index in [1.807, 2.05) is 10.8 Å². The number of hydrogen-bond donors (Lipinski definition) is 0. The lowest BCUT2D eigenvalue weighted by atomic mass is 9.90. The van der Waals surface area contributed by atoms with Gasteiger partial charge in [-0.2, -0.15) is 5.26 Å². The second-order valence-corrected chi connectivity index (χ2v) is 8.02. The summed E-state index contributed by atoms with van der Waals surface area (Å²) >= 11 is 0. The third-order valence-corrected chi connectivity index (χ3v) is 5.62. The van der Waals surface area contributed by atoms with Crippen molar-refractivity contribution in [1.29, 1.82) is 5.26 Å². The number of unbranched alkanes of at least 4 members (excludes halogenated alkanes) is 1. The monoisotopic (exact) mass is 412 g/mol. The van der Waals surface area contributed by atoms with Crippen molar-refractivity contribution in [2.45, 2.75) is 65.7 Å². The Hall–Kier alpha value is -3.05. The van der Waals surface area contributed by atoms with Gasteiger partial charge in [-0.25, -0.2) is 0 Å². The van der Waals surface area contributed by atoms with Gasteiger partial charge in [-0.15, -0.1) is 0 Å². The van der Waals surface area contributed by atoms with Crippen LogP contribution in [0.4, 0.5) is 0 Å². The van der Waals surface area contributed by atoms with Crippen LogP contribution >= 0.6 is 0 Å². The molecule has 0 aliphatic carbocycles. The van der Waals surface area contributed by atoms with Crippen molar-refractivity contribution in [3.63, 3.8) is 0 Å². The van der Waals surface area contributed by atoms with Crippen molar-refractivity contribution in [2.75, 3.05) is 0 Å². The number of nitriles is 1. The lowest BCUT2D eigenvalue weighted by molar-refractivity contribution is 0.793. The number of aromatic nitrogens is 1. The number of benzene rings is 1. The highest BCUT2D eigenvalue weighted by atomic mass is 15.0. The Bertz CT molecular complexity index is 977. The molecule has 0 saturated heterocycles. The molecule has 0 aliphatic rings. The van der Waals surface area contributed by atoms with Crippen LogP contribution in [0.1, 0.15) is 69.6 Å². The maximum Gasteiger partial charge on any atom is 0.101 e. The smallest absolute Gasteiger partial charge is 0.101 e. The van der Waals surface area contributed by atoms with Crippen LogP contribution in [-0.4, -0.2) is 4.57 Å². The van der Waals surface area contributed by atoms with Crippen molar-refractivity contribution in [2.24, 2.45) is 0 Å². The van der Waals surface area contributed by atoms with Crippen molar-refractivity contribution >= 4 is 5.70 Å². The van der Waals surface area contributed by atoms with Gasteiger partial charge in [-0.05, 0) is 73.0 Å². The summed E-state index contributed by atoms with van der Waals surface area (Å²) in [6.07, 6.45) is 15.4. The molecular formula is C29H36N2. The molecule has 0 bridgehead atoms. The van der Waals surface area contributed by atoms with E-state index in [9.17, 15) is 5.26 Å². The van der Waals surface area contributed by atoms with E-state index in [1.165, 1.54) is 16.7 Å². The van der Waals surface area contributed by atoms with Gasteiger partial charge in [0.05, 0.1) is 5.56 Å². The van der Waals surface area contributed by atoms with Crippen LogP contribution in [-0.2, 0) is 12.8 Å². The first-order valence-electron chi connectivity index (χ1n) is 11.4. The van der Waals surface area contributed by atoms with Crippen LogP contribution in [0.25, 0.3) is 5.70 Å². The first kappa shape index (κ1) is 24.2. The van der Waals surface area contributed by atoms with E-state index in [-0.39, 0.29) is 0 Å². The van der Waals surface area contributed by atoms with E-state index in [2.05, 4.69) is 88.7 Å². The van der Waals surface area contributed by atoms with Gasteiger partial charge in [0.2, 0.25) is 0 Å². The van der Waals surface area contributed by atoms with Gasteiger partial charge in [0.25, 0.3) is 0 Å². The van der Waals surface area contributed by atoms with E-state index >= 15 is 0 Å². The fourth-order valence-corrected chi connectivity index (χ4v) is 3.79. The molecule has 2 heteroatoms. The zero-order valence-corrected chi connectivity index (χ0v) is 19.5. The van der Waals surface area contributed by atoms with E-state index in [0.717, 1.165) is 67.3 Å². The maximum absolute atomic E-state index is 9.53. The number of hydrogen-bond acceptors (Lipinski definition) is 1. The van der Waals surface area contributed by atoms with E-state index in [1.54, 1.807) is 0 Å². The summed E-state index contributed by atoms with van der Waals surface area (Å²) < 4.78 is 1.99. The normalized spacial score (nSPS) is 11.9. The molecule has 0 amide bonds. The van der Waals surface area contributed by atoms with Crippen molar-refractivity contribution in [3.05, 3.63) is 101 Å². The summed E-state index contributed by atoms with van der Waals surface area (Å²) in [7, 11) is 0. The molecule has 1 heterocycles. The molecular weight excluding hydrogens is 376 g/mol. The Morgan fingerprint density at radius 3 is 2.39 bits per heavy atom. The molecule has 0 atom stereocenters. The minimum atomic E-state index is 0.743. The first-order chi connectivity index (χ1) is 15.0. The van der Waals surface area contributed by atoms with Crippen molar-refractivity contribution in [3.8, 4) is 6.07 Å². The summed E-state index contributed by atoms with van der Waals surface area (Å²) in [5.74, 6) is 0. The van der Waals surface area contributed by atoms with Crippen LogP contribution in [0.2, 0.25) is 0 Å². The lowest BCUT2D eigenvalue weighted by Gasteiger charge is -2.16. The van der Waals surface area contributed by atoms with Crippen LogP contribution < -0.4 is 0 Å². The minimum Gasteiger partial charge on any atom is -0.323 e. The van der Waals surface area contributed by atoms with Gasteiger partial charge >= 0.3 is 0 Å². The zero-order chi connectivity index (χ0) is 22.6. The lowest BCUT2D eigenvalue weighted by Crippen LogP contribution is -1.99. The molecule has 31 heavy (non-hydrogen) atoms. The molecule has 0 fully saturated rings. The predicted octanol–water partition coefficient (Wildman–Crippen LogP) is 8.03. The standard InChI is InChI=1S/C29H36N2/c1-6-9-16-27-21-31(22-28(27)20-30)24(5)19-29(23(4)13-7-2)26(8-3)18-17-25-14-11-10-12-15-25/h8,10-12,14-15,19,21-22H,4-7,9,13,16-18H2,1-3H3/b26-8-,29-19-. The van der Waals surface area contributed by atoms with Crippen LogP contribution in [0.3, 0.4) is 0 Å². The first-order valence-corrected chi connectivity index (χ1v) is 11.4. The largest absolute Gasteiger partial charge is 0.323 e. The Kier molecular flexibility index (Phi) is 9.85. The summed E-state index contributed by atoms with van der Waals surface area (Å²) in [5, 5.41) is 9.53. The molecule has 2 nitrogen and oxygen atoms in total. The molecule has 1 aromatic carbocycles. The summed E-state index contributed by atoms with van der Waals surface area (Å²) in [4.78, 5) is 0. The second-order valence-electron chi connectivity index (χ2n) is 8.02. The highest BCUT2D eigenvalue weighted by Crippen LogP contribution is 2.28. The number of nitrogens with zero attached hydrogens (tertiary/aromatic N) is 2. The molecule has 2 rings (SSSR count). The average Bonchev–Trinajstić information content (AvgIpc) is 3.21. The molecule has 0 radical (unpaired) electrons. The molecule has 0 unspecified atom stereocenters. The van der Waals surface area contributed by atoms with Gasteiger partial charge in [0, 0.05) is 18.1 Å². The number of aryl methyl sites for hydroxylation is 2. The Labute approximate surface area is 188 Å². The van der Waals surface area contributed by atoms with E-state index < -0.39 is 0 Å². The summed E-state index contributed by atoms with van der Waals surface area (Å²) in [6.45, 7) is 15.2. The van der Waals surface area contributed by atoms with Gasteiger partial charge < -0.3 is 4.57 Å². The van der Waals surface area contributed by atoms with E-state index in [4.69, 9.17) is 0 Å². The van der Waals surface area contributed by atoms with Crippen LogP contribution in [0.15, 0.2) is 84.8 Å². The fraction of sp³-hybridized carbons (Fsp3) is 0.345. The Balaban J connectivity index is 2.31. The quantitative estimate of drug-likeness (QED) is 0.324. The molecule has 1 aromatic heterocycles. The van der Waals surface area contributed by atoms with E-state index in [0.29, 0.717) is 0 Å². The molecule has 0 saturated carbocycles. The van der Waals surface area contributed by atoms with Gasteiger partial charge in [0.15, 0.2) is 0 Å². The SMILES string of the molecule is C=C(CCC)C(=C/C(=C)n1cc(C#N)c(CCCC)c1)/C(=C\C)CCc1ccccc1. The third-order valence-electron chi connectivity index (χ3n) is 5.62. The zero-order valence-electron chi connectivity index (χ0n) is 19.5. The minimum absolute atomic E-state index is 0.743.